The second-order valence-electron chi connectivity index (χ2n) is 2.30. The van der Waals surface area contributed by atoms with Crippen molar-refractivity contribution in [2.75, 3.05) is 0 Å². The minimum atomic E-state index is -0.950. The predicted molar refractivity (Wildman–Crippen MR) is 41.6 cm³/mol. The summed E-state index contributed by atoms with van der Waals surface area (Å²) in [5.74, 6) is -2.18. The second-order valence-corrected chi connectivity index (χ2v) is 2.30. The molecule has 0 radical (unpaired) electrons. The van der Waals surface area contributed by atoms with Crippen LogP contribution in [0.3, 0.4) is 0 Å². The molecule has 0 aromatic heterocycles. The standard InChI is InChI=1S/C6H10O4.Mg.2H/c1-4(2-5(7)8)3-6(9)10;;;/h4H,2-3H2,1H3,(H,7,8)(H,9,10);;;/q;+2;2*-1. The molecule has 0 aromatic rings. The van der Waals surface area contributed by atoms with Crippen LogP contribution in [-0.4, -0.2) is 45.2 Å². The molecule has 0 fully saturated rings. The summed E-state index contributed by atoms with van der Waals surface area (Å²) in [6.45, 7) is 1.60. The van der Waals surface area contributed by atoms with Gasteiger partial charge in [0.25, 0.3) is 0 Å². The predicted octanol–water partition coefficient (Wildman–Crippen LogP) is 0.416. The van der Waals surface area contributed by atoms with Crippen LogP contribution >= 0.6 is 0 Å². The van der Waals surface area contributed by atoms with Gasteiger partial charge in [-0.25, -0.2) is 0 Å². The van der Waals surface area contributed by atoms with E-state index in [1.807, 2.05) is 0 Å². The maximum Gasteiger partial charge on any atom is 2.00 e. The van der Waals surface area contributed by atoms with Gasteiger partial charge in [0, 0.05) is 12.8 Å². The van der Waals surface area contributed by atoms with Crippen molar-refractivity contribution in [3.05, 3.63) is 0 Å². The number of carboxylic acid groups (broad SMARTS) is 2. The van der Waals surface area contributed by atoms with E-state index in [0.29, 0.717) is 0 Å². The molecule has 0 aliphatic heterocycles. The van der Waals surface area contributed by atoms with Crippen LogP contribution in [0.5, 0.6) is 0 Å². The van der Waals surface area contributed by atoms with E-state index in [-0.39, 0.29) is 44.7 Å². The molecule has 0 rings (SSSR count). The van der Waals surface area contributed by atoms with Gasteiger partial charge in [-0.05, 0) is 5.92 Å². The van der Waals surface area contributed by atoms with Crippen molar-refractivity contribution in [1.29, 1.82) is 0 Å². The summed E-state index contributed by atoms with van der Waals surface area (Å²) in [5, 5.41) is 16.4. The van der Waals surface area contributed by atoms with Crippen molar-refractivity contribution in [3.63, 3.8) is 0 Å². The molecule has 2 N–H and O–H groups in total. The molecule has 0 aliphatic rings. The molecule has 62 valence electrons. The molecule has 0 unspecified atom stereocenters. The van der Waals surface area contributed by atoms with Gasteiger partial charge in [-0.3, -0.25) is 9.59 Å². The fourth-order valence-corrected chi connectivity index (χ4v) is 0.668. The molecule has 0 amide bonds. The van der Waals surface area contributed by atoms with Crippen LogP contribution in [0.1, 0.15) is 22.6 Å². The Labute approximate surface area is 83.7 Å². The summed E-state index contributed by atoms with van der Waals surface area (Å²) in [5.41, 5.74) is 0. The minimum Gasteiger partial charge on any atom is -1.00 e. The average molecular weight is 172 g/mol. The van der Waals surface area contributed by atoms with Gasteiger partial charge in [0.05, 0.1) is 0 Å². The Morgan fingerprint density at radius 1 is 1.27 bits per heavy atom. The van der Waals surface area contributed by atoms with Crippen LogP contribution in [-0.2, 0) is 9.59 Å². The topological polar surface area (TPSA) is 74.6 Å². The summed E-state index contributed by atoms with van der Waals surface area (Å²) in [6.07, 6.45) is -0.154. The first kappa shape index (κ1) is 13.3. The minimum absolute atomic E-state index is 0. The van der Waals surface area contributed by atoms with E-state index in [9.17, 15) is 9.59 Å². The maximum atomic E-state index is 10.00. The van der Waals surface area contributed by atoms with Crippen LogP contribution < -0.4 is 0 Å². The molecule has 0 bridgehead atoms. The van der Waals surface area contributed by atoms with Crippen LogP contribution in [0.25, 0.3) is 0 Å². The molecule has 5 heteroatoms. The third-order valence-electron chi connectivity index (χ3n) is 1.05. The monoisotopic (exact) mass is 172 g/mol. The SMILES string of the molecule is CC(CC(=O)O)CC(=O)O.[H-].[H-].[Mg+2]. The Hall–Kier alpha value is -0.294. The number of hydrogen-bond acceptors (Lipinski definition) is 2. The molecule has 0 aliphatic carbocycles. The van der Waals surface area contributed by atoms with Crippen LogP contribution in [0.15, 0.2) is 0 Å². The molecule has 0 spiro atoms. The number of hydrogen-bond donors (Lipinski definition) is 2. The summed E-state index contributed by atoms with van der Waals surface area (Å²) < 4.78 is 0. The first-order valence-electron chi connectivity index (χ1n) is 2.96. The largest absolute Gasteiger partial charge is 2.00 e. The molecule has 0 saturated heterocycles. The van der Waals surface area contributed by atoms with Crippen molar-refractivity contribution in [1.82, 2.24) is 0 Å². The Balaban J connectivity index is -0.000000135. The third kappa shape index (κ3) is 9.71. The van der Waals surface area contributed by atoms with E-state index in [1.54, 1.807) is 6.92 Å². The van der Waals surface area contributed by atoms with E-state index < -0.39 is 11.9 Å². The Bertz CT molecular complexity index is 138. The van der Waals surface area contributed by atoms with Crippen molar-refractivity contribution in [2.24, 2.45) is 5.92 Å². The smallest absolute Gasteiger partial charge is 1.00 e. The Kier molecular flexibility index (Phi) is 7.76. The quantitative estimate of drug-likeness (QED) is 0.603. The van der Waals surface area contributed by atoms with Crippen molar-refractivity contribution < 1.29 is 22.7 Å². The van der Waals surface area contributed by atoms with Crippen molar-refractivity contribution in [2.45, 2.75) is 19.8 Å². The van der Waals surface area contributed by atoms with E-state index in [2.05, 4.69) is 0 Å². The van der Waals surface area contributed by atoms with E-state index in [4.69, 9.17) is 10.2 Å². The molecular weight excluding hydrogens is 160 g/mol. The van der Waals surface area contributed by atoms with Crippen LogP contribution in [0, 0.1) is 5.92 Å². The number of aliphatic carboxylic acids is 2. The van der Waals surface area contributed by atoms with Gasteiger partial charge in [0.2, 0.25) is 0 Å². The molecule has 0 saturated carbocycles. The van der Waals surface area contributed by atoms with Crippen LogP contribution in [0.2, 0.25) is 0 Å². The molecule has 0 aromatic carbocycles. The summed E-state index contributed by atoms with van der Waals surface area (Å²) in [7, 11) is 0. The normalized spacial score (nSPS) is 8.91. The third-order valence-corrected chi connectivity index (χ3v) is 1.05. The fraction of sp³-hybridized carbons (Fsp3) is 0.667. The zero-order valence-corrected chi connectivity index (χ0v) is 7.82. The van der Waals surface area contributed by atoms with Crippen LogP contribution in [0.4, 0.5) is 0 Å². The van der Waals surface area contributed by atoms with E-state index in [0.717, 1.165) is 0 Å². The zero-order chi connectivity index (χ0) is 8.15. The molecule has 4 nitrogen and oxygen atoms in total. The number of carboxylic acids is 2. The van der Waals surface area contributed by atoms with Crippen molar-refractivity contribution in [3.8, 4) is 0 Å². The Morgan fingerprint density at radius 2 is 1.55 bits per heavy atom. The van der Waals surface area contributed by atoms with Gasteiger partial charge in [-0.1, -0.05) is 6.92 Å². The van der Waals surface area contributed by atoms with Gasteiger partial charge < -0.3 is 13.1 Å². The van der Waals surface area contributed by atoms with E-state index in [1.165, 1.54) is 0 Å². The first-order chi connectivity index (χ1) is 4.52. The van der Waals surface area contributed by atoms with Gasteiger partial charge >= 0.3 is 35.0 Å². The maximum absolute atomic E-state index is 10.00. The summed E-state index contributed by atoms with van der Waals surface area (Å²) in [6, 6.07) is 0. The summed E-state index contributed by atoms with van der Waals surface area (Å²) in [4.78, 5) is 20.0. The first-order valence-corrected chi connectivity index (χ1v) is 2.96. The van der Waals surface area contributed by atoms with Gasteiger partial charge in [-0.2, -0.15) is 0 Å². The fourth-order valence-electron chi connectivity index (χ4n) is 0.668. The molecule has 0 atom stereocenters. The molecule has 11 heavy (non-hydrogen) atoms. The summed E-state index contributed by atoms with van der Waals surface area (Å²) >= 11 is 0. The number of rotatable bonds is 4. The molecule has 0 heterocycles. The Morgan fingerprint density at radius 3 is 1.73 bits per heavy atom. The zero-order valence-electron chi connectivity index (χ0n) is 8.41. The average Bonchev–Trinajstić information content (AvgIpc) is 1.58. The van der Waals surface area contributed by atoms with Gasteiger partial charge in [0.1, 0.15) is 0 Å². The number of carbonyl (C=O) groups is 2. The van der Waals surface area contributed by atoms with Gasteiger partial charge in [0.15, 0.2) is 0 Å². The molecular formula is C6H12MgO4. The second kappa shape index (κ2) is 6.42. The van der Waals surface area contributed by atoms with Gasteiger partial charge in [-0.15, -0.1) is 0 Å². The van der Waals surface area contributed by atoms with Crippen molar-refractivity contribution >= 4 is 35.0 Å². The van der Waals surface area contributed by atoms with E-state index >= 15 is 0 Å².